The van der Waals surface area contributed by atoms with Gasteiger partial charge < -0.3 is 19.0 Å². The van der Waals surface area contributed by atoms with E-state index in [2.05, 4.69) is 0 Å². The summed E-state index contributed by atoms with van der Waals surface area (Å²) in [4.78, 5) is 0. The second-order valence-corrected chi connectivity index (χ2v) is 5.93. The third-order valence-electron chi connectivity index (χ3n) is 1.97. The lowest BCUT2D eigenvalue weighted by Gasteiger charge is -2.30. The summed E-state index contributed by atoms with van der Waals surface area (Å²) in [5.74, 6) is 0. The topological polar surface area (TPSA) is 53.7 Å². The molecule has 0 saturated carbocycles. The van der Waals surface area contributed by atoms with Crippen molar-refractivity contribution in [3.05, 3.63) is 0 Å². The van der Waals surface area contributed by atoms with Crippen molar-refractivity contribution in [2.24, 2.45) is 5.73 Å². The molecule has 0 aliphatic heterocycles. The first-order valence-electron chi connectivity index (χ1n) is 4.66. The molecule has 1 atom stereocenters. The van der Waals surface area contributed by atoms with Gasteiger partial charge in [-0.3, -0.25) is 0 Å². The zero-order valence-corrected chi connectivity index (χ0v) is 10.0. The minimum Gasteiger partial charge on any atom is -0.376 e. The van der Waals surface area contributed by atoms with Crippen LogP contribution in [0.15, 0.2) is 0 Å². The van der Waals surface area contributed by atoms with Gasteiger partial charge in [0.1, 0.15) is 0 Å². The van der Waals surface area contributed by atoms with Crippen molar-refractivity contribution in [2.75, 3.05) is 20.8 Å². The van der Waals surface area contributed by atoms with Crippen molar-refractivity contribution in [3.8, 4) is 0 Å². The van der Waals surface area contributed by atoms with Crippen LogP contribution in [0.25, 0.3) is 0 Å². The number of hydrogen-bond acceptors (Lipinski definition) is 4. The van der Waals surface area contributed by atoms with Crippen LogP contribution in [-0.4, -0.2) is 35.3 Å². The highest BCUT2D eigenvalue weighted by Crippen LogP contribution is 2.13. The van der Waals surface area contributed by atoms with Gasteiger partial charge in [-0.15, -0.1) is 0 Å². The Bertz CT molecular complexity index is 131. The van der Waals surface area contributed by atoms with Crippen molar-refractivity contribution >= 4 is 8.80 Å². The van der Waals surface area contributed by atoms with Gasteiger partial charge >= 0.3 is 8.80 Å². The van der Waals surface area contributed by atoms with Gasteiger partial charge in [0, 0.05) is 20.8 Å². The van der Waals surface area contributed by atoms with Crippen LogP contribution in [0, 0.1) is 0 Å². The largest absolute Gasteiger partial charge is 0.518 e. The second kappa shape index (κ2) is 6.50. The first-order chi connectivity index (χ1) is 6.16. The SMILES string of the molecule is CCCO[Si](OC)(OC)C(N)CC. The third-order valence-corrected chi connectivity index (χ3v) is 5.03. The maximum atomic E-state index is 5.90. The van der Waals surface area contributed by atoms with Crippen molar-refractivity contribution in [3.63, 3.8) is 0 Å². The highest BCUT2D eigenvalue weighted by atomic mass is 28.4. The zero-order valence-electron chi connectivity index (χ0n) is 9.00. The summed E-state index contributed by atoms with van der Waals surface area (Å²) in [6.45, 7) is 4.68. The Kier molecular flexibility index (Phi) is 6.53. The van der Waals surface area contributed by atoms with Crippen LogP contribution in [-0.2, 0) is 13.3 Å². The Hall–Kier alpha value is 0.0569. The first-order valence-corrected chi connectivity index (χ1v) is 6.46. The van der Waals surface area contributed by atoms with Crippen molar-refractivity contribution < 1.29 is 13.3 Å². The van der Waals surface area contributed by atoms with Crippen LogP contribution in [0.5, 0.6) is 0 Å². The Morgan fingerprint density at radius 1 is 1.23 bits per heavy atom. The predicted octanol–water partition coefficient (Wildman–Crippen LogP) is 0.921. The summed E-state index contributed by atoms with van der Waals surface area (Å²) in [6.07, 6.45) is 1.75. The molecule has 80 valence electrons. The van der Waals surface area contributed by atoms with Gasteiger partial charge in [0.25, 0.3) is 0 Å². The molecule has 5 heteroatoms. The fourth-order valence-corrected chi connectivity index (χ4v) is 3.32. The molecule has 0 aromatic carbocycles. The van der Waals surface area contributed by atoms with E-state index in [0.29, 0.717) is 6.61 Å². The molecule has 0 spiro atoms. The minimum atomic E-state index is -2.59. The molecule has 0 amide bonds. The quantitative estimate of drug-likeness (QED) is 0.631. The molecule has 0 heterocycles. The molecule has 0 rings (SSSR count). The lowest BCUT2D eigenvalue weighted by atomic mass is 10.5. The molecule has 13 heavy (non-hydrogen) atoms. The smallest absolute Gasteiger partial charge is 0.376 e. The predicted molar refractivity (Wildman–Crippen MR) is 54.3 cm³/mol. The Morgan fingerprint density at radius 3 is 2.08 bits per heavy atom. The summed E-state index contributed by atoms with van der Waals surface area (Å²) < 4.78 is 16.2. The van der Waals surface area contributed by atoms with Gasteiger partial charge in [0.15, 0.2) is 0 Å². The summed E-state index contributed by atoms with van der Waals surface area (Å²) >= 11 is 0. The summed E-state index contributed by atoms with van der Waals surface area (Å²) in [7, 11) is 0.606. The molecule has 0 aromatic heterocycles. The van der Waals surface area contributed by atoms with E-state index >= 15 is 0 Å². The van der Waals surface area contributed by atoms with E-state index < -0.39 is 8.80 Å². The molecular formula is C8H21NO3Si. The molecule has 2 N–H and O–H groups in total. The van der Waals surface area contributed by atoms with E-state index in [1.165, 1.54) is 0 Å². The van der Waals surface area contributed by atoms with Crippen LogP contribution in [0.1, 0.15) is 26.7 Å². The van der Waals surface area contributed by atoms with E-state index in [4.69, 9.17) is 19.0 Å². The number of rotatable bonds is 7. The Balaban J connectivity index is 4.29. The minimum absolute atomic E-state index is 0.131. The first kappa shape index (κ1) is 13.1. The molecular weight excluding hydrogens is 186 g/mol. The average molecular weight is 207 g/mol. The highest BCUT2D eigenvalue weighted by molar-refractivity contribution is 6.62. The van der Waals surface area contributed by atoms with Crippen LogP contribution < -0.4 is 5.73 Å². The van der Waals surface area contributed by atoms with Crippen LogP contribution in [0.2, 0.25) is 0 Å². The maximum absolute atomic E-state index is 5.90. The molecule has 1 unspecified atom stereocenters. The summed E-state index contributed by atoms with van der Waals surface area (Å²) in [5, 5.41) is 0. The maximum Gasteiger partial charge on any atom is 0.518 e. The van der Waals surface area contributed by atoms with Gasteiger partial charge in [-0.05, 0) is 12.8 Å². The standard InChI is InChI=1S/C8H21NO3Si/c1-5-7-12-13(10-3,11-4)8(9)6-2/h8H,5-7,9H2,1-4H3. The third kappa shape index (κ3) is 3.36. The van der Waals surface area contributed by atoms with Crippen molar-refractivity contribution in [1.29, 1.82) is 0 Å². The van der Waals surface area contributed by atoms with Crippen LogP contribution >= 0.6 is 0 Å². The zero-order chi connectivity index (χ0) is 10.3. The Labute approximate surface area is 81.7 Å². The molecule has 0 fully saturated rings. The van der Waals surface area contributed by atoms with Gasteiger partial charge in [-0.25, -0.2) is 0 Å². The number of hydrogen-bond donors (Lipinski definition) is 1. The van der Waals surface area contributed by atoms with E-state index in [1.807, 2.05) is 13.8 Å². The monoisotopic (exact) mass is 207 g/mol. The molecule has 0 aliphatic carbocycles. The van der Waals surface area contributed by atoms with Gasteiger partial charge in [0.05, 0.1) is 5.67 Å². The van der Waals surface area contributed by atoms with Gasteiger partial charge in [-0.1, -0.05) is 13.8 Å². The van der Waals surface area contributed by atoms with Gasteiger partial charge in [-0.2, -0.15) is 0 Å². The van der Waals surface area contributed by atoms with Gasteiger partial charge in [0.2, 0.25) is 0 Å². The Morgan fingerprint density at radius 2 is 1.77 bits per heavy atom. The lowest BCUT2D eigenvalue weighted by Crippen LogP contribution is -2.59. The molecule has 4 nitrogen and oxygen atoms in total. The molecule has 0 bridgehead atoms. The second-order valence-electron chi connectivity index (χ2n) is 2.88. The highest BCUT2D eigenvalue weighted by Gasteiger charge is 2.45. The molecule has 0 radical (unpaired) electrons. The summed E-state index contributed by atoms with van der Waals surface area (Å²) in [6, 6.07) is 0. The average Bonchev–Trinajstić information content (AvgIpc) is 2.19. The molecule has 0 aliphatic rings. The fourth-order valence-electron chi connectivity index (χ4n) is 1.11. The summed E-state index contributed by atoms with van der Waals surface area (Å²) in [5.41, 5.74) is 5.77. The van der Waals surface area contributed by atoms with Crippen LogP contribution in [0.3, 0.4) is 0 Å². The lowest BCUT2D eigenvalue weighted by molar-refractivity contribution is 0.0881. The van der Waals surface area contributed by atoms with E-state index in [9.17, 15) is 0 Å². The van der Waals surface area contributed by atoms with E-state index in [-0.39, 0.29) is 5.67 Å². The number of nitrogens with two attached hydrogens (primary N) is 1. The molecule has 0 saturated heterocycles. The van der Waals surface area contributed by atoms with Crippen molar-refractivity contribution in [2.45, 2.75) is 32.4 Å². The normalized spacial score (nSPS) is 14.5. The van der Waals surface area contributed by atoms with E-state index in [1.54, 1.807) is 14.2 Å². The van der Waals surface area contributed by atoms with Crippen LogP contribution in [0.4, 0.5) is 0 Å². The molecule has 0 aromatic rings. The van der Waals surface area contributed by atoms with Crippen molar-refractivity contribution in [1.82, 2.24) is 0 Å². The van der Waals surface area contributed by atoms with E-state index in [0.717, 1.165) is 12.8 Å². The fraction of sp³-hybridized carbons (Fsp3) is 1.00.